The predicted octanol–water partition coefficient (Wildman–Crippen LogP) is 2.81. The molecule has 0 fully saturated rings. The van der Waals surface area contributed by atoms with Crippen molar-refractivity contribution in [2.24, 2.45) is 5.14 Å². The van der Waals surface area contributed by atoms with Crippen LogP contribution in [0.25, 0.3) is 0 Å². The number of primary sulfonamides is 1. The maximum absolute atomic E-state index is 11.5. The average Bonchev–Trinajstić information content (AvgIpc) is 2.94. The van der Waals surface area contributed by atoms with Gasteiger partial charge in [0.05, 0.1) is 17.6 Å². The van der Waals surface area contributed by atoms with Crippen molar-refractivity contribution in [3.05, 3.63) is 47.7 Å². The first-order chi connectivity index (χ1) is 11.0. The van der Waals surface area contributed by atoms with E-state index in [1.807, 2.05) is 24.9 Å². The van der Waals surface area contributed by atoms with Crippen LogP contribution in [0.3, 0.4) is 0 Å². The summed E-state index contributed by atoms with van der Waals surface area (Å²) in [7, 11) is -1.77. The van der Waals surface area contributed by atoms with E-state index in [1.54, 1.807) is 18.3 Å². The van der Waals surface area contributed by atoms with Gasteiger partial charge in [0.1, 0.15) is 5.76 Å². The van der Waals surface area contributed by atoms with Crippen LogP contribution in [0.5, 0.6) is 0 Å². The molecule has 0 aliphatic rings. The highest BCUT2D eigenvalue weighted by Crippen LogP contribution is 2.25. The third-order valence-electron chi connectivity index (χ3n) is 4.01. The van der Waals surface area contributed by atoms with Crippen LogP contribution in [0.4, 0.5) is 0 Å². The van der Waals surface area contributed by atoms with Crippen molar-refractivity contribution in [2.45, 2.75) is 50.6 Å². The van der Waals surface area contributed by atoms with E-state index in [9.17, 15) is 8.42 Å². The van der Waals surface area contributed by atoms with Crippen molar-refractivity contribution in [2.75, 3.05) is 7.05 Å². The first-order valence-electron chi connectivity index (χ1n) is 7.76. The second kappa shape index (κ2) is 6.66. The number of sulfonamides is 1. The monoisotopic (exact) mass is 351 g/mol. The van der Waals surface area contributed by atoms with E-state index in [0.717, 1.165) is 11.3 Å². The molecule has 1 aromatic heterocycles. The molecular weight excluding hydrogens is 326 g/mol. The molecule has 0 unspecified atom stereocenters. The summed E-state index contributed by atoms with van der Waals surface area (Å²) in [6.45, 7) is 8.74. The predicted molar refractivity (Wildman–Crippen MR) is 92.9 cm³/mol. The molecule has 0 amide bonds. The molecule has 0 aliphatic heterocycles. The van der Waals surface area contributed by atoms with Crippen LogP contribution in [0.1, 0.15) is 51.0 Å². The van der Waals surface area contributed by atoms with Gasteiger partial charge in [-0.2, -0.15) is 0 Å². The number of hydrogen-bond donors (Lipinski definition) is 1. The van der Waals surface area contributed by atoms with E-state index in [1.165, 1.54) is 6.07 Å². The van der Waals surface area contributed by atoms with Gasteiger partial charge in [0.25, 0.3) is 0 Å². The summed E-state index contributed by atoms with van der Waals surface area (Å²) in [5.41, 5.74) is 0.783. The van der Waals surface area contributed by atoms with Crippen LogP contribution >= 0.6 is 0 Å². The van der Waals surface area contributed by atoms with Crippen LogP contribution in [-0.2, 0) is 22.0 Å². The highest BCUT2D eigenvalue weighted by molar-refractivity contribution is 7.89. The van der Waals surface area contributed by atoms with Gasteiger partial charge in [0, 0.05) is 11.5 Å². The summed E-state index contributed by atoms with van der Waals surface area (Å²) < 4.78 is 28.8. The minimum Gasteiger partial charge on any atom is -0.444 e. The molecule has 0 aliphatic carbocycles. The molecule has 2 N–H and O–H groups in total. The van der Waals surface area contributed by atoms with Crippen LogP contribution < -0.4 is 5.14 Å². The zero-order valence-electron chi connectivity index (χ0n) is 14.8. The summed E-state index contributed by atoms with van der Waals surface area (Å²) in [4.78, 5) is 6.49. The number of nitrogens with zero attached hydrogens (tertiary/aromatic N) is 2. The molecule has 0 saturated carbocycles. The zero-order chi connectivity index (χ0) is 18.1. The van der Waals surface area contributed by atoms with Crippen molar-refractivity contribution in [1.29, 1.82) is 0 Å². The zero-order valence-corrected chi connectivity index (χ0v) is 15.6. The Morgan fingerprint density at radius 1 is 1.33 bits per heavy atom. The summed E-state index contributed by atoms with van der Waals surface area (Å²) in [5, 5.41) is 5.20. The highest BCUT2D eigenvalue weighted by Gasteiger charge is 2.21. The summed E-state index contributed by atoms with van der Waals surface area (Å²) in [6.07, 6.45) is 1.76. The molecular formula is C17H25N3O3S. The van der Waals surface area contributed by atoms with Crippen LogP contribution in [0.15, 0.2) is 39.8 Å². The van der Waals surface area contributed by atoms with Gasteiger partial charge in [-0.1, -0.05) is 32.9 Å². The minimum atomic E-state index is -3.71. The Balaban J connectivity index is 2.15. The summed E-state index contributed by atoms with van der Waals surface area (Å²) in [5.74, 6) is 1.48. The fraction of sp³-hybridized carbons (Fsp3) is 0.471. The minimum absolute atomic E-state index is 0.0170. The largest absolute Gasteiger partial charge is 0.444 e. The van der Waals surface area contributed by atoms with Gasteiger partial charge in [0.2, 0.25) is 15.9 Å². The quantitative estimate of drug-likeness (QED) is 0.894. The van der Waals surface area contributed by atoms with Crippen LogP contribution in [-0.4, -0.2) is 25.3 Å². The number of oxazole rings is 1. The Kier molecular flexibility index (Phi) is 5.17. The highest BCUT2D eigenvalue weighted by atomic mass is 32.2. The van der Waals surface area contributed by atoms with Gasteiger partial charge in [-0.05, 0) is 31.7 Å². The van der Waals surface area contributed by atoms with Crippen molar-refractivity contribution in [3.63, 3.8) is 0 Å². The molecule has 24 heavy (non-hydrogen) atoms. The molecule has 7 heteroatoms. The van der Waals surface area contributed by atoms with E-state index in [-0.39, 0.29) is 16.4 Å². The Morgan fingerprint density at radius 3 is 2.54 bits per heavy atom. The molecule has 2 aromatic rings. The standard InChI is InChI=1S/C17H25N3O3S/c1-12(13-7-6-8-14(9-13)24(18,21)22)20(5)11-16-19-10-15(23-16)17(2,3)4/h6-10,12H,11H2,1-5H3,(H2,18,21,22)/t12-/m1/s1. The van der Waals surface area contributed by atoms with Gasteiger partial charge in [-0.25, -0.2) is 18.5 Å². The molecule has 1 heterocycles. The van der Waals surface area contributed by atoms with Gasteiger partial charge >= 0.3 is 0 Å². The molecule has 0 saturated heterocycles. The lowest BCUT2D eigenvalue weighted by atomic mass is 9.94. The van der Waals surface area contributed by atoms with Gasteiger partial charge in [-0.15, -0.1) is 0 Å². The molecule has 0 radical (unpaired) electrons. The lowest BCUT2D eigenvalue weighted by Gasteiger charge is -2.24. The molecule has 0 bridgehead atoms. The Labute approximate surface area is 143 Å². The van der Waals surface area contributed by atoms with Crippen LogP contribution in [0.2, 0.25) is 0 Å². The molecule has 6 nitrogen and oxygen atoms in total. The van der Waals surface area contributed by atoms with Crippen molar-refractivity contribution < 1.29 is 12.8 Å². The maximum atomic E-state index is 11.5. The first kappa shape index (κ1) is 18.6. The Bertz CT molecular complexity index is 806. The SMILES string of the molecule is C[C@H](c1cccc(S(N)(=O)=O)c1)N(C)Cc1ncc(C(C)(C)C)o1. The number of rotatable bonds is 5. The smallest absolute Gasteiger partial charge is 0.238 e. The fourth-order valence-corrected chi connectivity index (χ4v) is 2.85. The third-order valence-corrected chi connectivity index (χ3v) is 4.92. The molecule has 2 rings (SSSR count). The fourth-order valence-electron chi connectivity index (χ4n) is 2.29. The number of nitrogens with two attached hydrogens (primary N) is 1. The van der Waals surface area contributed by atoms with E-state index in [2.05, 4.69) is 25.8 Å². The first-order valence-corrected chi connectivity index (χ1v) is 9.31. The van der Waals surface area contributed by atoms with Gasteiger partial charge in [0.15, 0.2) is 0 Å². The lowest BCUT2D eigenvalue weighted by molar-refractivity contribution is 0.222. The van der Waals surface area contributed by atoms with Crippen molar-refractivity contribution in [3.8, 4) is 0 Å². The maximum Gasteiger partial charge on any atom is 0.238 e. The van der Waals surface area contributed by atoms with E-state index < -0.39 is 10.0 Å². The number of benzene rings is 1. The number of aromatic nitrogens is 1. The van der Waals surface area contributed by atoms with E-state index in [4.69, 9.17) is 9.56 Å². The summed E-state index contributed by atoms with van der Waals surface area (Å²) in [6, 6.07) is 6.66. The topological polar surface area (TPSA) is 89.4 Å². The Hall–Kier alpha value is -1.70. The molecule has 132 valence electrons. The second-order valence-electron chi connectivity index (χ2n) is 7.08. The third kappa shape index (κ3) is 4.43. The Morgan fingerprint density at radius 2 is 2.00 bits per heavy atom. The van der Waals surface area contributed by atoms with Crippen molar-refractivity contribution in [1.82, 2.24) is 9.88 Å². The lowest BCUT2D eigenvalue weighted by Crippen LogP contribution is -2.22. The van der Waals surface area contributed by atoms with Crippen molar-refractivity contribution >= 4 is 10.0 Å². The van der Waals surface area contributed by atoms with Gasteiger partial charge < -0.3 is 4.42 Å². The molecule has 1 aromatic carbocycles. The van der Waals surface area contributed by atoms with E-state index >= 15 is 0 Å². The number of hydrogen-bond acceptors (Lipinski definition) is 5. The molecule has 1 atom stereocenters. The van der Waals surface area contributed by atoms with E-state index in [0.29, 0.717) is 12.4 Å². The average molecular weight is 351 g/mol. The summed E-state index contributed by atoms with van der Waals surface area (Å²) >= 11 is 0. The second-order valence-corrected chi connectivity index (χ2v) is 8.64. The van der Waals surface area contributed by atoms with Crippen LogP contribution in [0, 0.1) is 0 Å². The molecule has 0 spiro atoms. The van der Waals surface area contributed by atoms with Gasteiger partial charge in [-0.3, -0.25) is 4.90 Å². The normalized spacial score (nSPS) is 14.1.